The van der Waals surface area contributed by atoms with Crippen molar-refractivity contribution >= 4 is 40.8 Å². The van der Waals surface area contributed by atoms with E-state index in [1.807, 2.05) is 0 Å². The third-order valence-corrected chi connectivity index (χ3v) is 6.01. The van der Waals surface area contributed by atoms with Gasteiger partial charge in [0.2, 0.25) is 29.4 Å². The number of aromatic carboxylic acids is 1. The standard InChI is InChI=1S/C19H18N4O8.C9H9Cl2NO.Na/c1-26-12-8-13(27-2)21-18(20-12)30-10-6-5-7-11(16(10)17(24)25)31-19-22-14(28-3)9-15(23-19)29-4;1-2-9(13)12-6-3-4-7(10)8(11)5-6;/h5-9H,1-4H3,(H,24,25);3-5H,2H2,1H3,(H,12,13);/q;;+1/p-1. The van der Waals surface area contributed by atoms with Gasteiger partial charge < -0.3 is 43.6 Å². The van der Waals surface area contributed by atoms with Gasteiger partial charge in [-0.1, -0.05) is 36.2 Å². The SMILES string of the molecule is CCC(=O)Nc1ccc(Cl)c(Cl)c1.COc1cc(OC)nc(Oc2cccc(Oc3nc(OC)cc(OC)n3)c2C(=O)[O-])n1.[Na+]. The number of carboxylic acids is 1. The smallest absolute Gasteiger partial charge is 0.545 e. The molecule has 17 heteroatoms. The van der Waals surface area contributed by atoms with Gasteiger partial charge in [0.1, 0.15) is 11.5 Å². The molecule has 1 N–H and O–H groups in total. The van der Waals surface area contributed by atoms with Crippen molar-refractivity contribution in [1.29, 1.82) is 0 Å². The summed E-state index contributed by atoms with van der Waals surface area (Å²) in [6.07, 6.45) is 0.445. The molecule has 2 aromatic heterocycles. The van der Waals surface area contributed by atoms with E-state index >= 15 is 0 Å². The molecule has 0 aliphatic carbocycles. The minimum absolute atomic E-state index is 0. The first-order valence-electron chi connectivity index (χ1n) is 12.5. The summed E-state index contributed by atoms with van der Waals surface area (Å²) in [4.78, 5) is 38.9. The molecule has 0 bridgehead atoms. The van der Waals surface area contributed by atoms with Crippen molar-refractivity contribution in [1.82, 2.24) is 19.9 Å². The number of hydrogen-bond donors (Lipinski definition) is 1. The van der Waals surface area contributed by atoms with Crippen LogP contribution in [0.25, 0.3) is 0 Å². The molecule has 4 rings (SSSR count). The molecule has 0 aliphatic heterocycles. The summed E-state index contributed by atoms with van der Waals surface area (Å²) in [6.45, 7) is 1.78. The molecule has 0 atom stereocenters. The van der Waals surface area contributed by atoms with Crippen LogP contribution in [0.2, 0.25) is 10.0 Å². The number of halogens is 2. The average Bonchev–Trinajstić information content (AvgIpc) is 3.02. The number of anilines is 1. The molecule has 2 heterocycles. The van der Waals surface area contributed by atoms with Gasteiger partial charge in [-0.3, -0.25) is 4.79 Å². The van der Waals surface area contributed by atoms with Crippen LogP contribution in [-0.2, 0) is 4.79 Å². The van der Waals surface area contributed by atoms with E-state index in [0.717, 1.165) is 0 Å². The van der Waals surface area contributed by atoms with Crippen LogP contribution in [0.5, 0.6) is 47.0 Å². The number of ether oxygens (including phenoxy) is 6. The van der Waals surface area contributed by atoms with Gasteiger partial charge in [0.15, 0.2) is 0 Å². The van der Waals surface area contributed by atoms with Gasteiger partial charge in [0.25, 0.3) is 0 Å². The molecular formula is C28H26Cl2N5NaO9. The van der Waals surface area contributed by atoms with E-state index in [4.69, 9.17) is 51.6 Å². The van der Waals surface area contributed by atoms with Crippen LogP contribution in [0, 0.1) is 0 Å². The fourth-order valence-electron chi connectivity index (χ4n) is 3.18. The van der Waals surface area contributed by atoms with E-state index in [1.54, 1.807) is 25.1 Å². The van der Waals surface area contributed by atoms with Crippen LogP contribution < -0.4 is 68.4 Å². The largest absolute Gasteiger partial charge is 1.00 e. The summed E-state index contributed by atoms with van der Waals surface area (Å²) >= 11 is 11.5. The Hall–Kier alpha value is -4.08. The van der Waals surface area contributed by atoms with E-state index in [-0.39, 0.29) is 82.5 Å². The summed E-state index contributed by atoms with van der Waals surface area (Å²) in [6, 6.07) is 11.7. The van der Waals surface area contributed by atoms with Crippen molar-refractivity contribution in [3.05, 3.63) is 64.1 Å². The third kappa shape index (κ3) is 10.8. The van der Waals surface area contributed by atoms with Crippen LogP contribution in [0.4, 0.5) is 5.69 Å². The Morgan fingerprint density at radius 2 is 1.18 bits per heavy atom. The van der Waals surface area contributed by atoms with Gasteiger partial charge in [-0.2, -0.15) is 19.9 Å². The van der Waals surface area contributed by atoms with E-state index in [9.17, 15) is 14.7 Å². The molecule has 0 saturated heterocycles. The van der Waals surface area contributed by atoms with E-state index in [0.29, 0.717) is 22.2 Å². The van der Waals surface area contributed by atoms with Crippen molar-refractivity contribution in [2.75, 3.05) is 33.8 Å². The zero-order valence-corrected chi connectivity index (χ0v) is 28.6. The summed E-state index contributed by atoms with van der Waals surface area (Å²) in [7, 11) is 5.59. The van der Waals surface area contributed by atoms with E-state index in [1.165, 1.54) is 58.8 Å². The predicted molar refractivity (Wildman–Crippen MR) is 157 cm³/mol. The number of amides is 1. The van der Waals surface area contributed by atoms with Crippen LogP contribution in [-0.4, -0.2) is 60.3 Å². The zero-order valence-electron chi connectivity index (χ0n) is 25.0. The van der Waals surface area contributed by atoms with Gasteiger partial charge in [-0.05, 0) is 30.3 Å². The van der Waals surface area contributed by atoms with E-state index in [2.05, 4.69) is 25.3 Å². The number of carbonyl (C=O) groups is 2. The first kappa shape index (κ1) is 37.1. The first-order valence-corrected chi connectivity index (χ1v) is 13.2. The summed E-state index contributed by atoms with van der Waals surface area (Å²) in [5.74, 6) is -1.30. The third-order valence-electron chi connectivity index (χ3n) is 5.27. The van der Waals surface area contributed by atoms with Gasteiger partial charge in [-0.15, -0.1) is 0 Å². The Kier molecular flexibility index (Phi) is 14.9. The molecular weight excluding hydrogens is 644 g/mol. The summed E-state index contributed by atoms with van der Waals surface area (Å²) < 4.78 is 31.3. The van der Waals surface area contributed by atoms with Gasteiger partial charge in [0.05, 0.1) is 62.1 Å². The molecule has 232 valence electrons. The first-order chi connectivity index (χ1) is 21.1. The van der Waals surface area contributed by atoms with Crippen molar-refractivity contribution in [2.24, 2.45) is 0 Å². The number of rotatable bonds is 11. The molecule has 2 aromatic carbocycles. The summed E-state index contributed by atoms with van der Waals surface area (Å²) in [5.41, 5.74) is 0.250. The van der Waals surface area contributed by atoms with Crippen LogP contribution >= 0.6 is 23.2 Å². The minimum Gasteiger partial charge on any atom is -0.545 e. The number of carboxylic acid groups (broad SMARTS) is 1. The minimum atomic E-state index is -1.57. The number of carbonyl (C=O) groups excluding carboxylic acids is 2. The molecule has 0 spiro atoms. The van der Waals surface area contributed by atoms with Gasteiger partial charge in [-0.25, -0.2) is 0 Å². The number of benzene rings is 2. The summed E-state index contributed by atoms with van der Waals surface area (Å²) in [5, 5.41) is 15.5. The molecule has 0 aliphatic rings. The Morgan fingerprint density at radius 1 is 0.733 bits per heavy atom. The number of aromatic nitrogens is 4. The average molecular weight is 670 g/mol. The molecule has 0 unspecified atom stereocenters. The van der Waals surface area contributed by atoms with Crippen LogP contribution in [0.3, 0.4) is 0 Å². The fourth-order valence-corrected chi connectivity index (χ4v) is 3.48. The Morgan fingerprint density at radius 3 is 1.53 bits per heavy atom. The Labute approximate surface area is 290 Å². The molecule has 0 saturated carbocycles. The molecule has 4 aromatic rings. The number of hydrogen-bond acceptors (Lipinski definition) is 13. The number of nitrogens with zero attached hydrogens (tertiary/aromatic N) is 4. The van der Waals surface area contributed by atoms with Gasteiger partial charge in [0, 0.05) is 12.1 Å². The quantitative estimate of drug-likeness (QED) is 0.228. The number of methoxy groups -OCH3 is 4. The molecule has 1 amide bonds. The van der Waals surface area contributed by atoms with Crippen molar-refractivity contribution < 1.29 is 72.7 Å². The predicted octanol–water partition coefficient (Wildman–Crippen LogP) is 1.59. The van der Waals surface area contributed by atoms with Crippen LogP contribution in [0.15, 0.2) is 48.5 Å². The monoisotopic (exact) mass is 669 g/mol. The second-order valence-electron chi connectivity index (χ2n) is 8.12. The fraction of sp³-hybridized carbons (Fsp3) is 0.214. The second-order valence-corrected chi connectivity index (χ2v) is 8.94. The topological polar surface area (TPSA) is 176 Å². The maximum atomic E-state index is 11.9. The van der Waals surface area contributed by atoms with Crippen molar-refractivity contribution in [3.63, 3.8) is 0 Å². The molecule has 14 nitrogen and oxygen atoms in total. The zero-order chi connectivity index (χ0) is 32.2. The normalized spacial score (nSPS) is 9.84. The van der Waals surface area contributed by atoms with Crippen molar-refractivity contribution in [3.8, 4) is 47.0 Å². The molecule has 0 fully saturated rings. The van der Waals surface area contributed by atoms with Crippen molar-refractivity contribution in [2.45, 2.75) is 13.3 Å². The second kappa shape index (κ2) is 18.0. The maximum absolute atomic E-state index is 11.9. The molecule has 45 heavy (non-hydrogen) atoms. The Balaban J connectivity index is 0.000000424. The van der Waals surface area contributed by atoms with Crippen LogP contribution in [0.1, 0.15) is 23.7 Å². The van der Waals surface area contributed by atoms with E-state index < -0.39 is 11.5 Å². The maximum Gasteiger partial charge on any atom is 1.00 e. The number of nitrogens with one attached hydrogen (secondary N) is 1. The Bertz CT molecular complexity index is 1510. The molecule has 0 radical (unpaired) electrons. The van der Waals surface area contributed by atoms with Gasteiger partial charge >= 0.3 is 41.6 Å².